The normalized spacial score (nSPS) is 11.6. The summed E-state index contributed by atoms with van der Waals surface area (Å²) < 4.78 is 41.9. The summed E-state index contributed by atoms with van der Waals surface area (Å²) in [6, 6.07) is 0.766. The van der Waals surface area contributed by atoms with Gasteiger partial charge in [0.1, 0.15) is 10.6 Å². The predicted octanol–water partition coefficient (Wildman–Crippen LogP) is 1.85. The van der Waals surface area contributed by atoms with Crippen LogP contribution < -0.4 is 5.32 Å². The molecular weight excluding hydrogens is 283 g/mol. The first-order valence-corrected chi connectivity index (χ1v) is 5.78. The fourth-order valence-corrected chi connectivity index (χ4v) is 1.96. The second kappa shape index (κ2) is 4.61. The fraction of sp³-hybridized carbons (Fsp3) is 0.333. The second-order valence-corrected chi connectivity index (χ2v) is 4.43. The first-order valence-electron chi connectivity index (χ1n) is 5.00. The van der Waals surface area contributed by atoms with E-state index < -0.39 is 17.8 Å². The number of alkyl halides is 3. The third-order valence-corrected chi connectivity index (χ3v) is 3.10. The molecule has 0 aliphatic heterocycles. The van der Waals surface area contributed by atoms with E-state index in [-0.39, 0.29) is 10.7 Å². The maximum atomic E-state index is 12.5. The topological polar surface area (TPSA) is 72.7 Å². The minimum absolute atomic E-state index is 0.173. The van der Waals surface area contributed by atoms with Crippen molar-refractivity contribution in [3.63, 3.8) is 0 Å². The van der Waals surface area contributed by atoms with E-state index in [1.54, 1.807) is 6.92 Å². The van der Waals surface area contributed by atoms with Crippen LogP contribution in [-0.4, -0.2) is 25.3 Å². The van der Waals surface area contributed by atoms with Gasteiger partial charge < -0.3 is 5.32 Å². The molecule has 19 heavy (non-hydrogen) atoms. The quantitative estimate of drug-likeness (QED) is 0.916. The van der Waals surface area contributed by atoms with Crippen LogP contribution in [0, 0.1) is 6.92 Å². The van der Waals surface area contributed by atoms with Crippen LogP contribution in [-0.2, 0) is 13.2 Å². The van der Waals surface area contributed by atoms with E-state index in [1.807, 2.05) is 0 Å². The second-order valence-electron chi connectivity index (χ2n) is 3.68. The number of nitrogens with zero attached hydrogens (tertiary/aromatic N) is 4. The summed E-state index contributed by atoms with van der Waals surface area (Å²) in [4.78, 5) is 12.0. The number of aromatic nitrogens is 4. The van der Waals surface area contributed by atoms with Gasteiger partial charge in [-0.25, -0.2) is 0 Å². The van der Waals surface area contributed by atoms with Crippen LogP contribution in [0.1, 0.15) is 21.1 Å². The Balaban J connectivity index is 2.21. The third kappa shape index (κ3) is 2.72. The van der Waals surface area contributed by atoms with E-state index in [0.29, 0.717) is 10.4 Å². The molecule has 1 amide bonds. The van der Waals surface area contributed by atoms with Gasteiger partial charge in [-0.2, -0.15) is 18.3 Å². The smallest absolute Gasteiger partial charge is 0.304 e. The summed E-state index contributed by atoms with van der Waals surface area (Å²) in [5, 5.41) is 9.51. The minimum atomic E-state index is -4.52. The molecule has 0 aromatic carbocycles. The van der Waals surface area contributed by atoms with Gasteiger partial charge in [-0.3, -0.25) is 9.48 Å². The molecule has 0 aliphatic carbocycles. The Morgan fingerprint density at radius 1 is 1.47 bits per heavy atom. The summed E-state index contributed by atoms with van der Waals surface area (Å²) in [5.41, 5.74) is -0.531. The molecule has 0 spiro atoms. The number of hydrogen-bond donors (Lipinski definition) is 1. The Morgan fingerprint density at radius 2 is 2.16 bits per heavy atom. The van der Waals surface area contributed by atoms with Crippen LogP contribution in [0.4, 0.5) is 19.0 Å². The predicted molar refractivity (Wildman–Crippen MR) is 60.8 cm³/mol. The van der Waals surface area contributed by atoms with Gasteiger partial charge in [-0.15, -0.1) is 5.10 Å². The van der Waals surface area contributed by atoms with Gasteiger partial charge >= 0.3 is 6.18 Å². The van der Waals surface area contributed by atoms with Crippen LogP contribution in [0.2, 0.25) is 0 Å². The fourth-order valence-electron chi connectivity index (χ4n) is 1.41. The molecule has 2 rings (SSSR count). The Kier molecular flexibility index (Phi) is 3.27. The first kappa shape index (κ1) is 13.5. The van der Waals surface area contributed by atoms with E-state index in [9.17, 15) is 18.0 Å². The molecule has 2 aromatic rings. The van der Waals surface area contributed by atoms with Crippen molar-refractivity contribution in [1.82, 2.24) is 19.4 Å². The molecule has 0 fully saturated rings. The number of aryl methyl sites for hydroxylation is 2. The number of halogens is 3. The average molecular weight is 291 g/mol. The zero-order valence-corrected chi connectivity index (χ0v) is 10.6. The molecule has 0 unspecified atom stereocenters. The highest BCUT2D eigenvalue weighted by molar-refractivity contribution is 7.08. The minimum Gasteiger partial charge on any atom is -0.304 e. The molecule has 0 atom stereocenters. The molecular formula is C9H8F3N5OS. The summed E-state index contributed by atoms with van der Waals surface area (Å²) in [6.45, 7) is 1.58. The SMILES string of the molecule is Cc1nnsc1C(=O)Nc1cc(C(F)(F)F)n(C)n1. The van der Waals surface area contributed by atoms with Crippen LogP contribution in [0.25, 0.3) is 0 Å². The maximum absolute atomic E-state index is 12.5. The monoisotopic (exact) mass is 291 g/mol. The van der Waals surface area contributed by atoms with Crippen molar-refractivity contribution >= 4 is 23.3 Å². The van der Waals surface area contributed by atoms with Crippen LogP contribution in [0.5, 0.6) is 0 Å². The average Bonchev–Trinajstić information content (AvgIpc) is 2.83. The van der Waals surface area contributed by atoms with Crippen molar-refractivity contribution in [1.29, 1.82) is 0 Å². The first-order chi connectivity index (χ1) is 8.79. The highest BCUT2D eigenvalue weighted by Gasteiger charge is 2.35. The van der Waals surface area contributed by atoms with Crippen molar-refractivity contribution in [2.75, 3.05) is 5.32 Å². The van der Waals surface area contributed by atoms with E-state index in [2.05, 4.69) is 20.0 Å². The standard InChI is InChI=1S/C9H8F3N5OS/c1-4-7(19-16-14-4)8(18)13-6-3-5(9(10,11)12)17(2)15-6/h3H,1-2H3,(H,13,15,18). The number of amides is 1. The van der Waals surface area contributed by atoms with Crippen molar-refractivity contribution in [2.24, 2.45) is 7.05 Å². The zero-order valence-electron chi connectivity index (χ0n) is 9.82. The van der Waals surface area contributed by atoms with Crippen LogP contribution in [0.15, 0.2) is 6.07 Å². The largest absolute Gasteiger partial charge is 0.433 e. The lowest BCUT2D eigenvalue weighted by atomic mass is 10.3. The highest BCUT2D eigenvalue weighted by atomic mass is 32.1. The Labute approximate surface area is 109 Å². The number of carbonyl (C=O) groups is 1. The molecule has 0 bridgehead atoms. The molecule has 102 valence electrons. The number of hydrogen-bond acceptors (Lipinski definition) is 5. The van der Waals surface area contributed by atoms with Gasteiger partial charge in [-0.05, 0) is 18.5 Å². The number of carbonyl (C=O) groups excluding carboxylic acids is 1. The van der Waals surface area contributed by atoms with E-state index in [0.717, 1.165) is 24.6 Å². The number of rotatable bonds is 2. The van der Waals surface area contributed by atoms with E-state index in [1.165, 1.54) is 0 Å². The van der Waals surface area contributed by atoms with Crippen molar-refractivity contribution in [3.05, 3.63) is 22.3 Å². The molecule has 0 saturated carbocycles. The maximum Gasteiger partial charge on any atom is 0.433 e. The van der Waals surface area contributed by atoms with Crippen LogP contribution >= 0.6 is 11.5 Å². The number of anilines is 1. The van der Waals surface area contributed by atoms with Gasteiger partial charge in [0.2, 0.25) is 0 Å². The Morgan fingerprint density at radius 3 is 2.63 bits per heavy atom. The lowest BCUT2D eigenvalue weighted by Crippen LogP contribution is -2.12. The summed E-state index contributed by atoms with van der Waals surface area (Å²) in [6.07, 6.45) is -4.52. The van der Waals surface area contributed by atoms with E-state index >= 15 is 0 Å². The summed E-state index contributed by atoms with van der Waals surface area (Å²) in [5.74, 6) is -0.757. The van der Waals surface area contributed by atoms with Crippen molar-refractivity contribution in [2.45, 2.75) is 13.1 Å². The third-order valence-electron chi connectivity index (χ3n) is 2.27. The Bertz CT molecular complexity index is 618. The van der Waals surface area contributed by atoms with E-state index in [4.69, 9.17) is 0 Å². The lowest BCUT2D eigenvalue weighted by molar-refractivity contribution is -0.143. The molecule has 0 saturated heterocycles. The molecule has 1 N–H and O–H groups in total. The molecule has 6 nitrogen and oxygen atoms in total. The highest BCUT2D eigenvalue weighted by Crippen LogP contribution is 2.30. The van der Waals surface area contributed by atoms with Crippen molar-refractivity contribution in [3.8, 4) is 0 Å². The van der Waals surface area contributed by atoms with Gasteiger partial charge in [0.25, 0.3) is 5.91 Å². The number of nitrogens with one attached hydrogen (secondary N) is 1. The molecule has 2 aromatic heterocycles. The molecule has 0 aliphatic rings. The lowest BCUT2D eigenvalue weighted by Gasteiger charge is -2.04. The summed E-state index contributed by atoms with van der Waals surface area (Å²) >= 11 is 0.863. The van der Waals surface area contributed by atoms with Gasteiger partial charge in [-0.1, -0.05) is 4.49 Å². The Hall–Kier alpha value is -1.97. The molecule has 0 radical (unpaired) electrons. The zero-order chi connectivity index (χ0) is 14.2. The van der Waals surface area contributed by atoms with Crippen molar-refractivity contribution < 1.29 is 18.0 Å². The van der Waals surface area contributed by atoms with Gasteiger partial charge in [0.15, 0.2) is 5.82 Å². The van der Waals surface area contributed by atoms with Crippen LogP contribution in [0.3, 0.4) is 0 Å². The molecule has 10 heteroatoms. The van der Waals surface area contributed by atoms with Gasteiger partial charge in [0, 0.05) is 13.1 Å². The summed E-state index contributed by atoms with van der Waals surface area (Å²) in [7, 11) is 1.15. The molecule has 2 heterocycles. The van der Waals surface area contributed by atoms with Gasteiger partial charge in [0.05, 0.1) is 5.69 Å².